The molecule has 0 aliphatic carbocycles. The second kappa shape index (κ2) is 10.9. The van der Waals surface area contributed by atoms with Crippen molar-refractivity contribution in [1.29, 1.82) is 0 Å². The molecule has 1 aliphatic heterocycles. The molecule has 1 rings (SSSR count). The van der Waals surface area contributed by atoms with E-state index >= 15 is 0 Å². The molecule has 0 aromatic rings. The lowest BCUT2D eigenvalue weighted by atomic mass is 9.77. The number of thioether (sulfide) groups is 1. The molecule has 0 aromatic carbocycles. The van der Waals surface area contributed by atoms with Crippen LogP contribution in [-0.2, 0) is 9.53 Å². The van der Waals surface area contributed by atoms with Gasteiger partial charge in [0.15, 0.2) is 0 Å². The van der Waals surface area contributed by atoms with Crippen LogP contribution in [0.4, 0.5) is 0 Å². The Kier molecular flexibility index (Phi) is 9.98. The van der Waals surface area contributed by atoms with Gasteiger partial charge in [0, 0.05) is 22.9 Å². The van der Waals surface area contributed by atoms with E-state index in [9.17, 15) is 4.79 Å². The van der Waals surface area contributed by atoms with E-state index in [1.807, 2.05) is 11.8 Å². The summed E-state index contributed by atoms with van der Waals surface area (Å²) >= 11 is 1.87. The van der Waals surface area contributed by atoms with E-state index in [1.165, 1.54) is 52.3 Å². The van der Waals surface area contributed by atoms with Gasteiger partial charge in [0.1, 0.15) is 0 Å². The highest BCUT2D eigenvalue weighted by Crippen LogP contribution is 2.39. The van der Waals surface area contributed by atoms with Gasteiger partial charge in [0.05, 0.1) is 13.5 Å². The van der Waals surface area contributed by atoms with Crippen molar-refractivity contribution < 1.29 is 9.53 Å². The van der Waals surface area contributed by atoms with Gasteiger partial charge in [-0.3, -0.25) is 9.69 Å². The minimum atomic E-state index is -0.0992. The molecule has 1 aliphatic rings. The Morgan fingerprint density at radius 2 is 1.69 bits per heavy atom. The van der Waals surface area contributed by atoms with E-state index in [2.05, 4.69) is 51.5 Å². The maximum absolute atomic E-state index is 11.2. The Balaban J connectivity index is 2.53. The van der Waals surface area contributed by atoms with Crippen LogP contribution >= 0.6 is 11.8 Å². The predicted octanol–water partition coefficient (Wildman–Crippen LogP) is 4.43. The number of carbonyl (C=O) groups excluding carboxylic acids is 1. The summed E-state index contributed by atoms with van der Waals surface area (Å²) < 4.78 is 4.70. The van der Waals surface area contributed by atoms with Crippen LogP contribution < -0.4 is 0 Å². The van der Waals surface area contributed by atoms with Crippen molar-refractivity contribution in [2.45, 2.75) is 90.3 Å². The molecule has 1 fully saturated rings. The van der Waals surface area contributed by atoms with Gasteiger partial charge in [0.2, 0.25) is 0 Å². The Bertz CT molecular complexity index is 408. The molecule has 0 N–H and O–H groups in total. The SMILES string of the molecule is CCCCN(CCCSCCC(=O)OC)C1CC(C)(C)N(C)C(C)(C)C1. The van der Waals surface area contributed by atoms with Gasteiger partial charge < -0.3 is 9.64 Å². The van der Waals surface area contributed by atoms with Gasteiger partial charge in [-0.15, -0.1) is 0 Å². The van der Waals surface area contributed by atoms with Crippen LogP contribution in [0.5, 0.6) is 0 Å². The van der Waals surface area contributed by atoms with Crippen LogP contribution in [-0.4, -0.2) is 71.6 Å². The maximum Gasteiger partial charge on any atom is 0.306 e. The minimum absolute atomic E-state index is 0.0992. The zero-order valence-corrected chi connectivity index (χ0v) is 19.1. The van der Waals surface area contributed by atoms with Crippen LogP contribution in [0.2, 0.25) is 0 Å². The van der Waals surface area contributed by atoms with Crippen LogP contribution in [0.3, 0.4) is 0 Å². The van der Waals surface area contributed by atoms with Gasteiger partial charge >= 0.3 is 5.97 Å². The number of methoxy groups -OCH3 is 1. The number of hydrogen-bond acceptors (Lipinski definition) is 5. The number of esters is 1. The van der Waals surface area contributed by atoms with E-state index in [4.69, 9.17) is 4.74 Å². The molecule has 1 heterocycles. The third-order valence-corrected chi connectivity index (χ3v) is 7.08. The topological polar surface area (TPSA) is 32.8 Å². The molecular weight excluding hydrogens is 344 g/mol. The number of hydrogen-bond donors (Lipinski definition) is 0. The molecule has 26 heavy (non-hydrogen) atoms. The molecular formula is C21H42N2O2S. The first-order valence-electron chi connectivity index (χ1n) is 10.3. The lowest BCUT2D eigenvalue weighted by Gasteiger charge is -2.55. The van der Waals surface area contributed by atoms with Crippen molar-refractivity contribution in [1.82, 2.24) is 9.80 Å². The van der Waals surface area contributed by atoms with Crippen LogP contribution in [0.25, 0.3) is 0 Å². The molecule has 0 saturated carbocycles. The second-order valence-electron chi connectivity index (χ2n) is 8.93. The van der Waals surface area contributed by atoms with Crippen LogP contribution in [0.15, 0.2) is 0 Å². The maximum atomic E-state index is 11.2. The molecule has 0 aromatic heterocycles. The Morgan fingerprint density at radius 1 is 1.12 bits per heavy atom. The van der Waals surface area contributed by atoms with Gasteiger partial charge in [-0.2, -0.15) is 11.8 Å². The van der Waals surface area contributed by atoms with Crippen molar-refractivity contribution in [3.63, 3.8) is 0 Å². The number of ether oxygens (including phenoxy) is 1. The molecule has 4 nitrogen and oxygen atoms in total. The summed E-state index contributed by atoms with van der Waals surface area (Å²) in [6.07, 6.45) is 6.74. The largest absolute Gasteiger partial charge is 0.469 e. The first-order chi connectivity index (χ1) is 12.1. The number of carbonyl (C=O) groups is 1. The number of likely N-dealkylation sites (tertiary alicyclic amines) is 1. The third kappa shape index (κ3) is 7.40. The molecule has 0 bridgehead atoms. The summed E-state index contributed by atoms with van der Waals surface area (Å²) in [6, 6.07) is 0.669. The fourth-order valence-corrected chi connectivity index (χ4v) is 4.99. The molecule has 0 amide bonds. The summed E-state index contributed by atoms with van der Waals surface area (Å²) in [5.74, 6) is 1.90. The fraction of sp³-hybridized carbons (Fsp3) is 0.952. The van der Waals surface area contributed by atoms with Crippen LogP contribution in [0, 0.1) is 0 Å². The first-order valence-corrected chi connectivity index (χ1v) is 11.4. The van der Waals surface area contributed by atoms with E-state index in [-0.39, 0.29) is 17.0 Å². The summed E-state index contributed by atoms with van der Waals surface area (Å²) in [7, 11) is 3.74. The second-order valence-corrected chi connectivity index (χ2v) is 10.2. The summed E-state index contributed by atoms with van der Waals surface area (Å²) in [5, 5.41) is 0. The molecule has 0 spiro atoms. The zero-order chi connectivity index (χ0) is 19.8. The quantitative estimate of drug-likeness (QED) is 0.387. The number of piperidine rings is 1. The minimum Gasteiger partial charge on any atom is -0.469 e. The standard InChI is InChI=1S/C21H42N2O2S/c1-8-9-12-23(13-10-14-26-15-11-19(24)25-7)18-16-20(2,3)22(6)21(4,5)17-18/h18H,8-17H2,1-7H3. The normalized spacial score (nSPS) is 20.5. The summed E-state index contributed by atoms with van der Waals surface area (Å²) in [4.78, 5) is 16.5. The van der Waals surface area contributed by atoms with Crippen molar-refractivity contribution in [3.8, 4) is 0 Å². The molecule has 5 heteroatoms. The summed E-state index contributed by atoms with van der Waals surface area (Å²) in [5.41, 5.74) is 0.484. The monoisotopic (exact) mass is 386 g/mol. The Labute approximate surface area is 166 Å². The highest BCUT2D eigenvalue weighted by atomic mass is 32.2. The highest BCUT2D eigenvalue weighted by Gasteiger charge is 2.44. The fourth-order valence-electron chi connectivity index (χ4n) is 4.14. The lowest BCUT2D eigenvalue weighted by molar-refractivity contribution is -0.140. The van der Waals surface area contributed by atoms with E-state index < -0.39 is 0 Å². The molecule has 0 atom stereocenters. The average molecular weight is 387 g/mol. The first kappa shape index (κ1) is 23.8. The van der Waals surface area contributed by atoms with Crippen molar-refractivity contribution >= 4 is 17.7 Å². The van der Waals surface area contributed by atoms with E-state index in [0.717, 1.165) is 11.5 Å². The van der Waals surface area contributed by atoms with E-state index in [1.54, 1.807) is 0 Å². The van der Waals surface area contributed by atoms with Gasteiger partial charge in [-0.25, -0.2) is 0 Å². The molecule has 0 unspecified atom stereocenters. The van der Waals surface area contributed by atoms with Crippen molar-refractivity contribution in [3.05, 3.63) is 0 Å². The zero-order valence-electron chi connectivity index (χ0n) is 18.3. The van der Waals surface area contributed by atoms with Gasteiger partial charge in [0.25, 0.3) is 0 Å². The van der Waals surface area contributed by atoms with Crippen molar-refractivity contribution in [2.24, 2.45) is 0 Å². The molecule has 154 valence electrons. The lowest BCUT2D eigenvalue weighted by Crippen LogP contribution is -2.62. The molecule has 1 saturated heterocycles. The number of rotatable bonds is 11. The third-order valence-electron chi connectivity index (χ3n) is 6.01. The van der Waals surface area contributed by atoms with Gasteiger partial charge in [-0.05, 0) is 79.3 Å². The van der Waals surface area contributed by atoms with Gasteiger partial charge in [-0.1, -0.05) is 13.3 Å². The Morgan fingerprint density at radius 3 is 2.23 bits per heavy atom. The summed E-state index contributed by atoms with van der Waals surface area (Å²) in [6.45, 7) is 14.2. The van der Waals surface area contributed by atoms with Crippen molar-refractivity contribution in [2.75, 3.05) is 38.8 Å². The number of nitrogens with zero attached hydrogens (tertiary/aromatic N) is 2. The van der Waals surface area contributed by atoms with Crippen LogP contribution in [0.1, 0.15) is 73.1 Å². The molecule has 0 radical (unpaired) electrons. The average Bonchev–Trinajstić information content (AvgIpc) is 2.57. The number of unbranched alkanes of at least 4 members (excludes halogenated alkanes) is 1. The van der Waals surface area contributed by atoms with E-state index in [0.29, 0.717) is 12.5 Å². The predicted molar refractivity (Wildman–Crippen MR) is 114 cm³/mol. The smallest absolute Gasteiger partial charge is 0.306 e. The Hall–Kier alpha value is -0.260. The highest BCUT2D eigenvalue weighted by molar-refractivity contribution is 7.99.